The third-order valence-corrected chi connectivity index (χ3v) is 7.01. The Morgan fingerprint density at radius 1 is 0.893 bits per heavy atom. The SMILES string of the molecule is O=C(O)[C@H](CCCCn1sc2ccccc2c1=O)n1sc2ccccc2c1=O. The van der Waals surface area contributed by atoms with E-state index in [4.69, 9.17) is 0 Å². The smallest absolute Gasteiger partial charge is 0.327 e. The van der Waals surface area contributed by atoms with Gasteiger partial charge in [-0.25, -0.2) is 8.75 Å². The number of carbonyl (C=O) groups is 1. The van der Waals surface area contributed by atoms with Crippen molar-refractivity contribution in [1.82, 2.24) is 7.91 Å². The molecule has 0 saturated heterocycles. The second-order valence-electron chi connectivity index (χ2n) is 6.56. The molecule has 0 bridgehead atoms. The number of unbranched alkanes of at least 4 members (excludes halogenated alkanes) is 1. The highest BCUT2D eigenvalue weighted by molar-refractivity contribution is 7.14. The maximum Gasteiger partial charge on any atom is 0.327 e. The third kappa shape index (κ3) is 3.41. The van der Waals surface area contributed by atoms with Gasteiger partial charge < -0.3 is 5.11 Å². The summed E-state index contributed by atoms with van der Waals surface area (Å²) in [4.78, 5) is 36.7. The first-order valence-electron chi connectivity index (χ1n) is 8.98. The number of aliphatic carboxylic acids is 1. The normalized spacial score (nSPS) is 12.6. The second kappa shape index (κ2) is 7.73. The fraction of sp³-hybridized carbons (Fsp3) is 0.250. The highest BCUT2D eigenvalue weighted by Crippen LogP contribution is 2.23. The molecule has 0 aliphatic heterocycles. The maximum atomic E-state index is 12.5. The van der Waals surface area contributed by atoms with Gasteiger partial charge in [0.25, 0.3) is 11.1 Å². The molecule has 2 heterocycles. The summed E-state index contributed by atoms with van der Waals surface area (Å²) in [6.45, 7) is 0.547. The number of fused-ring (bicyclic) bond motifs is 2. The van der Waals surface area contributed by atoms with E-state index in [0.717, 1.165) is 9.40 Å². The van der Waals surface area contributed by atoms with E-state index in [0.29, 0.717) is 36.6 Å². The molecule has 28 heavy (non-hydrogen) atoms. The summed E-state index contributed by atoms with van der Waals surface area (Å²) in [5.41, 5.74) is -0.259. The van der Waals surface area contributed by atoms with Crippen molar-refractivity contribution in [2.45, 2.75) is 31.8 Å². The van der Waals surface area contributed by atoms with Crippen molar-refractivity contribution in [1.29, 1.82) is 0 Å². The molecular weight excluding hydrogens is 396 g/mol. The lowest BCUT2D eigenvalue weighted by Crippen LogP contribution is -2.25. The van der Waals surface area contributed by atoms with E-state index in [1.165, 1.54) is 27.0 Å². The van der Waals surface area contributed by atoms with Crippen LogP contribution in [-0.4, -0.2) is 19.0 Å². The first-order valence-corrected chi connectivity index (χ1v) is 10.5. The van der Waals surface area contributed by atoms with E-state index < -0.39 is 12.0 Å². The molecule has 0 amide bonds. The van der Waals surface area contributed by atoms with Gasteiger partial charge in [0.05, 0.1) is 20.2 Å². The molecule has 8 heteroatoms. The van der Waals surface area contributed by atoms with Gasteiger partial charge in [-0.05, 0) is 43.5 Å². The van der Waals surface area contributed by atoms with Crippen molar-refractivity contribution in [3.8, 4) is 0 Å². The van der Waals surface area contributed by atoms with Gasteiger partial charge in [-0.1, -0.05) is 47.3 Å². The summed E-state index contributed by atoms with van der Waals surface area (Å²) in [7, 11) is 0. The predicted molar refractivity (Wildman–Crippen MR) is 113 cm³/mol. The van der Waals surface area contributed by atoms with Gasteiger partial charge in [0, 0.05) is 6.54 Å². The molecule has 1 atom stereocenters. The molecule has 4 rings (SSSR count). The Bertz CT molecular complexity index is 1260. The number of aromatic nitrogens is 2. The summed E-state index contributed by atoms with van der Waals surface area (Å²) in [6.07, 6.45) is 1.64. The number of aryl methyl sites for hydroxylation is 1. The second-order valence-corrected chi connectivity index (χ2v) is 8.64. The van der Waals surface area contributed by atoms with Crippen LogP contribution in [0.25, 0.3) is 20.2 Å². The molecule has 1 N–H and O–H groups in total. The number of carboxylic acids is 1. The van der Waals surface area contributed by atoms with Gasteiger partial charge >= 0.3 is 5.97 Å². The lowest BCUT2D eigenvalue weighted by Gasteiger charge is -2.12. The van der Waals surface area contributed by atoms with Crippen LogP contribution >= 0.6 is 23.1 Å². The Balaban J connectivity index is 1.46. The van der Waals surface area contributed by atoms with E-state index >= 15 is 0 Å². The summed E-state index contributed by atoms with van der Waals surface area (Å²) < 4.78 is 4.81. The van der Waals surface area contributed by atoms with E-state index in [1.54, 1.807) is 16.1 Å². The molecule has 4 aromatic rings. The molecule has 6 nitrogen and oxygen atoms in total. The molecule has 0 saturated carbocycles. The van der Waals surface area contributed by atoms with Crippen LogP contribution in [0.1, 0.15) is 25.3 Å². The maximum absolute atomic E-state index is 12.5. The molecule has 2 aromatic carbocycles. The van der Waals surface area contributed by atoms with Crippen LogP contribution < -0.4 is 11.1 Å². The van der Waals surface area contributed by atoms with Crippen molar-refractivity contribution < 1.29 is 9.90 Å². The van der Waals surface area contributed by atoms with E-state index in [1.807, 2.05) is 36.4 Å². The molecule has 0 unspecified atom stereocenters. The fourth-order valence-corrected chi connectivity index (χ4v) is 5.43. The Labute approximate surface area is 168 Å². The largest absolute Gasteiger partial charge is 0.480 e. The zero-order valence-corrected chi connectivity index (χ0v) is 16.5. The molecule has 2 aromatic heterocycles. The van der Waals surface area contributed by atoms with Gasteiger partial charge in [-0.3, -0.25) is 13.5 Å². The summed E-state index contributed by atoms with van der Waals surface area (Å²) in [5, 5.41) is 10.9. The van der Waals surface area contributed by atoms with Crippen LogP contribution in [0.3, 0.4) is 0 Å². The molecule has 0 fully saturated rings. The minimum atomic E-state index is -1.01. The van der Waals surface area contributed by atoms with Crippen LogP contribution in [0, 0.1) is 0 Å². The van der Waals surface area contributed by atoms with E-state index in [2.05, 4.69) is 0 Å². The fourth-order valence-electron chi connectivity index (χ4n) is 3.29. The minimum Gasteiger partial charge on any atom is -0.480 e. The highest BCUT2D eigenvalue weighted by Gasteiger charge is 2.23. The Hall–Kier alpha value is -2.71. The molecule has 0 aliphatic rings. The predicted octanol–water partition coefficient (Wildman–Crippen LogP) is 3.94. The molecule has 144 valence electrons. The summed E-state index contributed by atoms with van der Waals surface area (Å²) >= 11 is 2.62. The van der Waals surface area contributed by atoms with Gasteiger partial charge in [-0.15, -0.1) is 0 Å². The van der Waals surface area contributed by atoms with Crippen molar-refractivity contribution in [3.63, 3.8) is 0 Å². The number of hydrogen-bond acceptors (Lipinski definition) is 5. The van der Waals surface area contributed by atoms with Crippen LogP contribution in [0.15, 0.2) is 58.1 Å². The van der Waals surface area contributed by atoms with Crippen molar-refractivity contribution in [2.24, 2.45) is 0 Å². The van der Waals surface area contributed by atoms with Crippen LogP contribution in [0.4, 0.5) is 0 Å². The zero-order chi connectivity index (χ0) is 19.7. The van der Waals surface area contributed by atoms with Gasteiger partial charge in [0.2, 0.25) is 0 Å². The van der Waals surface area contributed by atoms with Crippen molar-refractivity contribution >= 4 is 49.2 Å². The molecule has 0 spiro atoms. The number of hydrogen-bond donors (Lipinski definition) is 1. The van der Waals surface area contributed by atoms with E-state index in [9.17, 15) is 19.5 Å². The Morgan fingerprint density at radius 2 is 1.50 bits per heavy atom. The average Bonchev–Trinajstić information content (AvgIpc) is 3.19. The Kier molecular flexibility index (Phi) is 5.15. The number of rotatable bonds is 7. The van der Waals surface area contributed by atoms with Gasteiger partial charge in [-0.2, -0.15) is 0 Å². The van der Waals surface area contributed by atoms with Crippen molar-refractivity contribution in [2.75, 3.05) is 0 Å². The molecule has 0 aliphatic carbocycles. The van der Waals surface area contributed by atoms with E-state index in [-0.39, 0.29) is 11.1 Å². The average molecular weight is 415 g/mol. The number of carboxylic acid groups (broad SMARTS) is 1. The van der Waals surface area contributed by atoms with Crippen LogP contribution in [0.2, 0.25) is 0 Å². The molecule has 0 radical (unpaired) electrons. The summed E-state index contributed by atoms with van der Waals surface area (Å²) in [6, 6.07) is 13.8. The third-order valence-electron chi connectivity index (χ3n) is 4.72. The van der Waals surface area contributed by atoms with Crippen LogP contribution in [0.5, 0.6) is 0 Å². The minimum absolute atomic E-state index is 0.00360. The van der Waals surface area contributed by atoms with Crippen LogP contribution in [-0.2, 0) is 11.3 Å². The monoisotopic (exact) mass is 414 g/mol. The number of benzene rings is 2. The zero-order valence-electron chi connectivity index (χ0n) is 14.9. The first kappa shape index (κ1) is 18.6. The quantitative estimate of drug-likeness (QED) is 0.465. The topological polar surface area (TPSA) is 81.3 Å². The molecular formula is C20H18N2O4S2. The Morgan fingerprint density at radius 3 is 2.11 bits per heavy atom. The number of nitrogens with zero attached hydrogens (tertiary/aromatic N) is 2. The lowest BCUT2D eigenvalue weighted by atomic mass is 10.1. The first-order chi connectivity index (χ1) is 13.6. The lowest BCUT2D eigenvalue weighted by molar-refractivity contribution is -0.140. The summed E-state index contributed by atoms with van der Waals surface area (Å²) in [5.74, 6) is -1.01. The van der Waals surface area contributed by atoms with Gasteiger partial charge in [0.15, 0.2) is 0 Å². The highest BCUT2D eigenvalue weighted by atomic mass is 32.1. The van der Waals surface area contributed by atoms with Crippen molar-refractivity contribution in [3.05, 3.63) is 69.2 Å². The standard InChI is InChI=1S/C20H18N2O4S2/c23-18-13-7-1-3-10-16(13)27-21(18)12-6-5-9-15(20(25)26)22-19(24)14-8-2-4-11-17(14)28-22/h1-4,7-8,10-11,15H,5-6,9,12H2,(H,25,26)/t15-/m0/s1. The van der Waals surface area contributed by atoms with Gasteiger partial charge in [0.1, 0.15) is 6.04 Å².